The molecule has 0 amide bonds. The van der Waals surface area contributed by atoms with Crippen molar-refractivity contribution in [2.24, 2.45) is 5.92 Å². The molecule has 204 valence electrons. The summed E-state index contributed by atoms with van der Waals surface area (Å²) in [7, 11) is 0. The van der Waals surface area contributed by atoms with E-state index >= 15 is 0 Å². The molecule has 2 heterocycles. The SMILES string of the molecule is CC.Cc1cc(OCC2(F)CCOCC2)cc(C)c1-c1ccc(F)c(COc2cc3c(cn2)CC(C)C3)c1. The highest BCUT2D eigenvalue weighted by Crippen LogP contribution is 2.34. The first-order valence-electron chi connectivity index (χ1n) is 13.7. The van der Waals surface area contributed by atoms with Gasteiger partial charge in [-0.25, -0.2) is 13.8 Å². The van der Waals surface area contributed by atoms with Gasteiger partial charge in [0.25, 0.3) is 0 Å². The predicted octanol–water partition coefficient (Wildman–Crippen LogP) is 7.74. The molecule has 4 nitrogen and oxygen atoms in total. The van der Waals surface area contributed by atoms with Crippen LogP contribution >= 0.6 is 0 Å². The molecule has 0 spiro atoms. The number of rotatable bonds is 7. The number of benzene rings is 2. The maximum Gasteiger partial charge on any atom is 0.213 e. The molecule has 0 radical (unpaired) electrons. The van der Waals surface area contributed by atoms with Gasteiger partial charge in [-0.15, -0.1) is 0 Å². The molecule has 3 aromatic rings. The molecular weight excluding hydrogens is 484 g/mol. The maximum atomic E-state index is 14.9. The minimum Gasteiger partial charge on any atom is -0.490 e. The summed E-state index contributed by atoms with van der Waals surface area (Å²) in [6, 6.07) is 10.9. The van der Waals surface area contributed by atoms with E-state index in [1.807, 2.05) is 58.2 Å². The Labute approximate surface area is 225 Å². The molecular formula is C32H39F2NO3. The number of hydrogen-bond acceptors (Lipinski definition) is 4. The Bertz CT molecular complexity index is 1230. The van der Waals surface area contributed by atoms with Gasteiger partial charge in [0.15, 0.2) is 0 Å². The van der Waals surface area contributed by atoms with Gasteiger partial charge >= 0.3 is 0 Å². The molecule has 38 heavy (non-hydrogen) atoms. The van der Waals surface area contributed by atoms with Crippen LogP contribution in [0.2, 0.25) is 0 Å². The lowest BCUT2D eigenvalue weighted by atomic mass is 9.94. The highest BCUT2D eigenvalue weighted by molar-refractivity contribution is 5.72. The molecule has 6 heteroatoms. The molecule has 0 bridgehead atoms. The second-order valence-electron chi connectivity index (χ2n) is 10.4. The maximum absolute atomic E-state index is 14.9. The van der Waals surface area contributed by atoms with Crippen LogP contribution in [-0.2, 0) is 24.2 Å². The van der Waals surface area contributed by atoms with Gasteiger partial charge < -0.3 is 14.2 Å². The summed E-state index contributed by atoms with van der Waals surface area (Å²) in [6.07, 6.45) is 4.65. The minimum absolute atomic E-state index is 0.0161. The summed E-state index contributed by atoms with van der Waals surface area (Å²) in [5.41, 5.74) is 5.54. The third kappa shape index (κ3) is 6.52. The Morgan fingerprint density at radius 2 is 1.66 bits per heavy atom. The number of aryl methyl sites for hydroxylation is 2. The van der Waals surface area contributed by atoms with Gasteiger partial charge in [0.2, 0.25) is 5.88 Å². The van der Waals surface area contributed by atoms with Crippen LogP contribution in [0.15, 0.2) is 42.6 Å². The summed E-state index contributed by atoms with van der Waals surface area (Å²) in [4.78, 5) is 4.41. The van der Waals surface area contributed by atoms with Crippen molar-refractivity contribution < 1.29 is 23.0 Å². The summed E-state index contributed by atoms with van der Waals surface area (Å²) < 4.78 is 46.6. The van der Waals surface area contributed by atoms with Crippen LogP contribution < -0.4 is 9.47 Å². The van der Waals surface area contributed by atoms with E-state index in [1.165, 1.54) is 17.2 Å². The second kappa shape index (κ2) is 12.2. The number of hydrogen-bond donors (Lipinski definition) is 0. The van der Waals surface area contributed by atoms with Crippen molar-refractivity contribution in [3.8, 4) is 22.8 Å². The first-order chi connectivity index (χ1) is 18.3. The molecule has 1 saturated heterocycles. The van der Waals surface area contributed by atoms with Gasteiger partial charge in [-0.3, -0.25) is 0 Å². The summed E-state index contributed by atoms with van der Waals surface area (Å²) in [5.74, 6) is 1.47. The van der Waals surface area contributed by atoms with Gasteiger partial charge in [0, 0.05) is 43.9 Å². The molecule has 1 atom stereocenters. The normalized spacial score (nSPS) is 17.8. The van der Waals surface area contributed by atoms with Crippen LogP contribution in [0.1, 0.15) is 61.4 Å². The molecule has 1 aromatic heterocycles. The fraction of sp³-hybridized carbons (Fsp3) is 0.469. The van der Waals surface area contributed by atoms with Crippen LogP contribution in [-0.4, -0.2) is 30.5 Å². The Morgan fingerprint density at radius 1 is 0.974 bits per heavy atom. The standard InChI is InChI=1S/C30H33F2NO3.C2H6/c1-19-10-23-15-28(33-16-24(23)11-19)35-17-25-14-22(4-5-27(25)31)29-20(2)12-26(13-21(29)3)36-18-30(32)6-8-34-9-7-30;1-2/h4-5,12-16,19H,6-11,17-18H2,1-3H3;1-2H3. The predicted molar refractivity (Wildman–Crippen MR) is 147 cm³/mol. The summed E-state index contributed by atoms with van der Waals surface area (Å²) in [6.45, 7) is 11.2. The third-order valence-electron chi connectivity index (χ3n) is 7.30. The largest absolute Gasteiger partial charge is 0.490 e. The van der Waals surface area contributed by atoms with E-state index in [-0.39, 0.29) is 19.0 Å². The van der Waals surface area contributed by atoms with E-state index in [2.05, 4.69) is 11.9 Å². The van der Waals surface area contributed by atoms with Crippen LogP contribution in [0.3, 0.4) is 0 Å². The zero-order valence-electron chi connectivity index (χ0n) is 23.2. The van der Waals surface area contributed by atoms with E-state index in [4.69, 9.17) is 14.2 Å². The van der Waals surface area contributed by atoms with Gasteiger partial charge in [0.05, 0.1) is 0 Å². The average Bonchev–Trinajstić information content (AvgIpc) is 3.28. The Balaban J connectivity index is 0.00000164. The smallest absolute Gasteiger partial charge is 0.213 e. The lowest BCUT2D eigenvalue weighted by molar-refractivity contribution is -0.0323. The van der Waals surface area contributed by atoms with Crippen molar-refractivity contribution in [3.05, 3.63) is 76.2 Å². The topological polar surface area (TPSA) is 40.6 Å². The lowest BCUT2D eigenvalue weighted by Gasteiger charge is -2.29. The first kappa shape index (κ1) is 28.0. The summed E-state index contributed by atoms with van der Waals surface area (Å²) >= 11 is 0. The zero-order chi connectivity index (χ0) is 27.3. The molecule has 1 aliphatic carbocycles. The van der Waals surface area contributed by atoms with Crippen molar-refractivity contribution in [3.63, 3.8) is 0 Å². The number of aromatic nitrogens is 1. The van der Waals surface area contributed by atoms with Crippen molar-refractivity contribution in [2.75, 3.05) is 19.8 Å². The fourth-order valence-corrected chi connectivity index (χ4v) is 5.33. The highest BCUT2D eigenvalue weighted by Gasteiger charge is 2.33. The summed E-state index contributed by atoms with van der Waals surface area (Å²) in [5, 5.41) is 0. The Hall–Kier alpha value is -2.99. The van der Waals surface area contributed by atoms with Crippen molar-refractivity contribution >= 4 is 0 Å². The van der Waals surface area contributed by atoms with Crippen molar-refractivity contribution in [1.29, 1.82) is 0 Å². The monoisotopic (exact) mass is 523 g/mol. The van der Waals surface area contributed by atoms with Crippen molar-refractivity contribution in [2.45, 2.75) is 72.6 Å². The molecule has 0 N–H and O–H groups in total. The second-order valence-corrected chi connectivity index (χ2v) is 10.4. The van der Waals surface area contributed by atoms with Crippen LogP contribution in [0.25, 0.3) is 11.1 Å². The quantitative estimate of drug-likeness (QED) is 0.318. The molecule has 0 saturated carbocycles. The van der Waals surface area contributed by atoms with Gasteiger partial charge in [-0.2, -0.15) is 0 Å². The number of nitrogens with zero attached hydrogens (tertiary/aromatic N) is 1. The number of pyridine rings is 1. The number of alkyl halides is 1. The van der Waals surface area contributed by atoms with E-state index in [1.54, 1.807) is 6.07 Å². The highest BCUT2D eigenvalue weighted by atomic mass is 19.1. The van der Waals surface area contributed by atoms with E-state index in [0.717, 1.165) is 35.1 Å². The zero-order valence-corrected chi connectivity index (χ0v) is 23.2. The molecule has 2 aromatic carbocycles. The third-order valence-corrected chi connectivity index (χ3v) is 7.30. The number of ether oxygens (including phenoxy) is 3. The molecule has 1 unspecified atom stereocenters. The van der Waals surface area contributed by atoms with E-state index < -0.39 is 5.67 Å². The van der Waals surface area contributed by atoms with Gasteiger partial charge in [-0.1, -0.05) is 26.8 Å². The first-order valence-corrected chi connectivity index (χ1v) is 13.7. The Kier molecular flexibility index (Phi) is 9.03. The van der Waals surface area contributed by atoms with E-state index in [9.17, 15) is 8.78 Å². The van der Waals surface area contributed by atoms with Gasteiger partial charge in [0.1, 0.15) is 30.4 Å². The molecule has 5 rings (SSSR count). The fourth-order valence-electron chi connectivity index (χ4n) is 5.33. The van der Waals surface area contributed by atoms with Crippen LogP contribution in [0, 0.1) is 25.6 Å². The van der Waals surface area contributed by atoms with E-state index in [0.29, 0.717) is 49.2 Å². The minimum atomic E-state index is -1.35. The molecule has 1 fully saturated rings. The van der Waals surface area contributed by atoms with Crippen molar-refractivity contribution in [1.82, 2.24) is 4.98 Å². The van der Waals surface area contributed by atoms with Crippen LogP contribution in [0.4, 0.5) is 8.78 Å². The molecule has 1 aliphatic heterocycles. The Morgan fingerprint density at radius 3 is 2.37 bits per heavy atom. The van der Waals surface area contributed by atoms with Crippen LogP contribution in [0.5, 0.6) is 11.6 Å². The number of halogens is 2. The lowest BCUT2D eigenvalue weighted by Crippen LogP contribution is -2.37. The molecule has 2 aliphatic rings. The average molecular weight is 524 g/mol. The van der Waals surface area contributed by atoms with Gasteiger partial charge in [-0.05, 0) is 90.3 Å². The number of fused-ring (bicyclic) bond motifs is 1.